The topological polar surface area (TPSA) is 35.5 Å². The Balaban J connectivity index is 2.22. The van der Waals surface area contributed by atoms with Crippen molar-refractivity contribution in [2.24, 2.45) is 11.3 Å². The van der Waals surface area contributed by atoms with Crippen LogP contribution in [-0.2, 0) is 9.47 Å². The Kier molecular flexibility index (Phi) is 8.58. The summed E-state index contributed by atoms with van der Waals surface area (Å²) in [4.78, 5) is 11.8. The zero-order valence-corrected chi connectivity index (χ0v) is 16.5. The summed E-state index contributed by atoms with van der Waals surface area (Å²) >= 11 is 0. The Hall–Kier alpha value is -1.25. The van der Waals surface area contributed by atoms with E-state index in [0.717, 1.165) is 44.4 Å². The molecule has 0 aromatic rings. The fraction of sp³-hybridized carbons (Fsp3) is 0.762. The van der Waals surface area contributed by atoms with Crippen molar-refractivity contribution in [2.45, 2.75) is 86.2 Å². The molecule has 0 saturated heterocycles. The number of rotatable bonds is 6. The molecule has 0 aromatic carbocycles. The molecular formula is C21H36O3. The van der Waals surface area contributed by atoms with Gasteiger partial charge in [-0.15, -0.1) is 0 Å². The molecule has 1 fully saturated rings. The average molecular weight is 337 g/mol. The molecule has 3 nitrogen and oxygen atoms in total. The highest BCUT2D eigenvalue weighted by Gasteiger charge is 2.31. The average Bonchev–Trinajstić information content (AvgIpc) is 2.46. The van der Waals surface area contributed by atoms with E-state index in [9.17, 15) is 4.79 Å². The lowest BCUT2D eigenvalue weighted by Crippen LogP contribution is -2.30. The van der Waals surface area contributed by atoms with Crippen molar-refractivity contribution in [1.29, 1.82) is 0 Å². The molecule has 24 heavy (non-hydrogen) atoms. The molecule has 1 aliphatic carbocycles. The van der Waals surface area contributed by atoms with Crippen LogP contribution in [0.15, 0.2) is 23.3 Å². The number of hydrogen-bond donors (Lipinski definition) is 0. The molecule has 0 amide bonds. The molecule has 0 bridgehead atoms. The van der Waals surface area contributed by atoms with Crippen molar-refractivity contribution in [3.63, 3.8) is 0 Å². The van der Waals surface area contributed by atoms with E-state index < -0.39 is 6.16 Å². The molecule has 1 saturated carbocycles. The summed E-state index contributed by atoms with van der Waals surface area (Å²) in [6.07, 6.45) is 9.89. The summed E-state index contributed by atoms with van der Waals surface area (Å²) in [7, 11) is 0. The summed E-state index contributed by atoms with van der Waals surface area (Å²) < 4.78 is 10.6. The van der Waals surface area contributed by atoms with Crippen molar-refractivity contribution in [3.05, 3.63) is 23.3 Å². The van der Waals surface area contributed by atoms with Crippen LogP contribution in [0, 0.1) is 11.3 Å². The predicted molar refractivity (Wildman–Crippen MR) is 100 cm³/mol. The molecule has 3 heteroatoms. The lowest BCUT2D eigenvalue weighted by Gasteiger charge is -2.36. The van der Waals surface area contributed by atoms with Crippen molar-refractivity contribution >= 4 is 6.16 Å². The highest BCUT2D eigenvalue weighted by molar-refractivity contribution is 5.60. The molecule has 0 radical (unpaired) electrons. The fourth-order valence-corrected chi connectivity index (χ4v) is 3.16. The third-order valence-electron chi connectivity index (χ3n) is 4.89. The van der Waals surface area contributed by atoms with Gasteiger partial charge in [0.15, 0.2) is 0 Å². The number of allylic oxidation sites excluding steroid dienone is 3. The van der Waals surface area contributed by atoms with E-state index in [1.807, 2.05) is 6.08 Å². The monoisotopic (exact) mass is 336 g/mol. The minimum Gasteiger partial charge on any atom is -0.431 e. The minimum absolute atomic E-state index is 0.0267. The molecule has 0 aliphatic heterocycles. The van der Waals surface area contributed by atoms with E-state index in [4.69, 9.17) is 9.47 Å². The summed E-state index contributed by atoms with van der Waals surface area (Å²) in [5, 5.41) is 0. The number of hydrogen-bond acceptors (Lipinski definition) is 3. The van der Waals surface area contributed by atoms with Gasteiger partial charge in [0.1, 0.15) is 12.7 Å². The molecule has 0 heterocycles. The molecule has 0 unspecified atom stereocenters. The van der Waals surface area contributed by atoms with Crippen LogP contribution >= 0.6 is 0 Å². The van der Waals surface area contributed by atoms with Gasteiger partial charge in [0, 0.05) is 0 Å². The molecule has 0 spiro atoms. The quantitative estimate of drug-likeness (QED) is 0.414. The van der Waals surface area contributed by atoms with Crippen LogP contribution in [-0.4, -0.2) is 18.9 Å². The summed E-state index contributed by atoms with van der Waals surface area (Å²) in [5.74, 6) is 0.722. The largest absolute Gasteiger partial charge is 0.508 e. The molecule has 0 aromatic heterocycles. The van der Waals surface area contributed by atoms with Gasteiger partial charge < -0.3 is 9.47 Å². The number of carbonyl (C=O) groups is 1. The van der Waals surface area contributed by atoms with Gasteiger partial charge >= 0.3 is 6.16 Å². The second-order valence-electron chi connectivity index (χ2n) is 8.39. The molecule has 1 rings (SSSR count). The van der Waals surface area contributed by atoms with Gasteiger partial charge in [-0.2, -0.15) is 0 Å². The Bertz CT molecular complexity index is 442. The summed E-state index contributed by atoms with van der Waals surface area (Å²) in [5.41, 5.74) is 2.93. The Morgan fingerprint density at radius 3 is 2.21 bits per heavy atom. The van der Waals surface area contributed by atoms with Gasteiger partial charge in [0.05, 0.1) is 0 Å². The second kappa shape index (κ2) is 9.90. The van der Waals surface area contributed by atoms with Gasteiger partial charge in [0.25, 0.3) is 0 Å². The van der Waals surface area contributed by atoms with Gasteiger partial charge in [0.2, 0.25) is 0 Å². The van der Waals surface area contributed by atoms with Crippen LogP contribution in [0.4, 0.5) is 4.79 Å². The van der Waals surface area contributed by atoms with Gasteiger partial charge in [-0.1, -0.05) is 38.0 Å². The summed E-state index contributed by atoms with van der Waals surface area (Å²) in [6, 6.07) is 0. The zero-order valence-electron chi connectivity index (χ0n) is 16.5. The number of ether oxygens (including phenoxy) is 2. The van der Waals surface area contributed by atoms with E-state index in [1.165, 1.54) is 11.1 Å². The smallest absolute Gasteiger partial charge is 0.431 e. The maximum absolute atomic E-state index is 11.8. The van der Waals surface area contributed by atoms with Crippen LogP contribution in [0.25, 0.3) is 0 Å². The fourth-order valence-electron chi connectivity index (χ4n) is 3.16. The third-order valence-corrected chi connectivity index (χ3v) is 4.89. The molecular weight excluding hydrogens is 300 g/mol. The molecule has 1 aliphatic rings. The van der Waals surface area contributed by atoms with Crippen LogP contribution < -0.4 is 0 Å². The lowest BCUT2D eigenvalue weighted by molar-refractivity contribution is 0.00187. The first-order valence-corrected chi connectivity index (χ1v) is 9.31. The first-order valence-electron chi connectivity index (χ1n) is 9.31. The van der Waals surface area contributed by atoms with Crippen LogP contribution in [0.5, 0.6) is 0 Å². The van der Waals surface area contributed by atoms with Crippen molar-refractivity contribution < 1.29 is 14.3 Å². The van der Waals surface area contributed by atoms with E-state index in [1.54, 1.807) is 0 Å². The van der Waals surface area contributed by atoms with Crippen LogP contribution in [0.1, 0.15) is 80.1 Å². The molecule has 0 atom stereocenters. The van der Waals surface area contributed by atoms with Gasteiger partial charge in [-0.05, 0) is 76.7 Å². The van der Waals surface area contributed by atoms with Crippen molar-refractivity contribution in [2.75, 3.05) is 6.61 Å². The zero-order chi connectivity index (χ0) is 18.2. The predicted octanol–water partition coefficient (Wildman–Crippen LogP) is 6.44. The van der Waals surface area contributed by atoms with Crippen molar-refractivity contribution in [3.8, 4) is 0 Å². The Morgan fingerprint density at radius 1 is 1.04 bits per heavy atom. The number of carbonyl (C=O) groups excluding carboxylic acids is 1. The standard InChI is InChI=1S/C21H36O3/c1-16(2)8-7-9-17(3)14-15-23-20(22)24-19-12-10-18(11-13-19)21(4,5)6/h8,14,18-19H,7,9-13,15H2,1-6H3/b17-14+. The highest BCUT2D eigenvalue weighted by Crippen LogP contribution is 2.38. The third kappa shape index (κ3) is 8.56. The minimum atomic E-state index is -0.525. The van der Waals surface area contributed by atoms with E-state index in [2.05, 4.69) is 47.6 Å². The second-order valence-corrected chi connectivity index (χ2v) is 8.39. The maximum Gasteiger partial charge on any atom is 0.508 e. The molecule has 138 valence electrons. The maximum atomic E-state index is 11.8. The van der Waals surface area contributed by atoms with Crippen LogP contribution in [0.2, 0.25) is 0 Å². The van der Waals surface area contributed by atoms with E-state index >= 15 is 0 Å². The summed E-state index contributed by atoms with van der Waals surface area (Å²) in [6.45, 7) is 13.5. The van der Waals surface area contributed by atoms with Crippen LogP contribution in [0.3, 0.4) is 0 Å². The van der Waals surface area contributed by atoms with Gasteiger partial charge in [-0.25, -0.2) is 4.79 Å². The first kappa shape index (κ1) is 20.8. The SMILES string of the molecule is CC(C)=CCC/C(C)=C/COC(=O)OC1CCC(C(C)(C)C)CC1. The normalized spacial score (nSPS) is 22.0. The van der Waals surface area contributed by atoms with E-state index in [-0.39, 0.29) is 6.10 Å². The van der Waals surface area contributed by atoms with Gasteiger partial charge in [-0.3, -0.25) is 0 Å². The Morgan fingerprint density at radius 2 is 1.67 bits per heavy atom. The Labute approximate surface area is 148 Å². The highest BCUT2D eigenvalue weighted by atomic mass is 16.7. The first-order chi connectivity index (χ1) is 11.2. The van der Waals surface area contributed by atoms with E-state index in [0.29, 0.717) is 12.0 Å². The lowest BCUT2D eigenvalue weighted by atomic mass is 9.72. The molecule has 0 N–H and O–H groups in total. The van der Waals surface area contributed by atoms with Crippen molar-refractivity contribution in [1.82, 2.24) is 0 Å².